The number of hydrogen-bond acceptors (Lipinski definition) is 6. The Bertz CT molecular complexity index is 522. The van der Waals surface area contributed by atoms with Crippen LogP contribution in [0.25, 0.3) is 0 Å². The zero-order valence-corrected chi connectivity index (χ0v) is 13.0. The maximum atomic E-state index is 5.88. The van der Waals surface area contributed by atoms with E-state index in [1.54, 1.807) is 23.1 Å². The van der Waals surface area contributed by atoms with E-state index < -0.39 is 0 Å². The molecule has 0 spiro atoms. The predicted molar refractivity (Wildman–Crippen MR) is 83.1 cm³/mol. The minimum absolute atomic E-state index is 0.226. The summed E-state index contributed by atoms with van der Waals surface area (Å²) in [6, 6.07) is 8.50. The molecule has 0 fully saturated rings. The van der Waals surface area contributed by atoms with Gasteiger partial charge in [-0.1, -0.05) is 52.9 Å². The van der Waals surface area contributed by atoms with Gasteiger partial charge in [-0.2, -0.15) is 0 Å². The maximum Gasteiger partial charge on any atom is 0.208 e. The molecule has 102 valence electrons. The Morgan fingerprint density at radius 2 is 1.95 bits per heavy atom. The summed E-state index contributed by atoms with van der Waals surface area (Å²) in [5, 5.41) is 9.49. The van der Waals surface area contributed by atoms with Crippen LogP contribution in [-0.2, 0) is 0 Å². The second kappa shape index (κ2) is 6.36. The molecule has 0 aliphatic carbocycles. The molecule has 0 bridgehead atoms. The number of rotatable bonds is 5. The third kappa shape index (κ3) is 3.68. The standard InChI is InChI=1S/C13H18N4S2/c1-9-4-6-10(7-5-9)11(8-14)18-13-16-15-12(19-13)17(2)3/h4-7,11H,8,14H2,1-3H3. The minimum atomic E-state index is 0.226. The van der Waals surface area contributed by atoms with Gasteiger partial charge in [-0.05, 0) is 12.5 Å². The minimum Gasteiger partial charge on any atom is -0.353 e. The smallest absolute Gasteiger partial charge is 0.208 e. The molecular weight excluding hydrogens is 276 g/mol. The second-order valence-electron chi connectivity index (χ2n) is 4.50. The van der Waals surface area contributed by atoms with Crippen LogP contribution in [0.5, 0.6) is 0 Å². The molecule has 2 rings (SSSR count). The summed E-state index contributed by atoms with van der Waals surface area (Å²) in [6.07, 6.45) is 0. The van der Waals surface area contributed by atoms with E-state index in [4.69, 9.17) is 5.73 Å². The Hall–Kier alpha value is -1.11. The zero-order chi connectivity index (χ0) is 13.8. The van der Waals surface area contributed by atoms with Gasteiger partial charge in [-0.25, -0.2) is 0 Å². The summed E-state index contributed by atoms with van der Waals surface area (Å²) in [4.78, 5) is 1.96. The molecule has 1 heterocycles. The van der Waals surface area contributed by atoms with E-state index in [0.717, 1.165) is 9.47 Å². The fourth-order valence-electron chi connectivity index (χ4n) is 1.59. The molecule has 0 aliphatic heterocycles. The molecule has 1 aromatic heterocycles. The largest absolute Gasteiger partial charge is 0.353 e. The number of nitrogens with two attached hydrogens (primary N) is 1. The van der Waals surface area contributed by atoms with E-state index in [1.165, 1.54) is 11.1 Å². The van der Waals surface area contributed by atoms with Crippen molar-refractivity contribution in [1.29, 1.82) is 0 Å². The van der Waals surface area contributed by atoms with Gasteiger partial charge in [0.2, 0.25) is 5.13 Å². The van der Waals surface area contributed by atoms with Crippen molar-refractivity contribution >= 4 is 28.2 Å². The van der Waals surface area contributed by atoms with Crippen LogP contribution in [0.3, 0.4) is 0 Å². The molecule has 0 saturated heterocycles. The third-order valence-corrected chi connectivity index (χ3v) is 5.14. The molecule has 4 nitrogen and oxygen atoms in total. The van der Waals surface area contributed by atoms with Crippen LogP contribution in [0.2, 0.25) is 0 Å². The van der Waals surface area contributed by atoms with Crippen molar-refractivity contribution in [3.05, 3.63) is 35.4 Å². The second-order valence-corrected chi connectivity index (χ2v) is 6.90. The normalized spacial score (nSPS) is 12.4. The lowest BCUT2D eigenvalue weighted by molar-refractivity contribution is 0.927. The Morgan fingerprint density at radius 1 is 1.26 bits per heavy atom. The lowest BCUT2D eigenvalue weighted by Crippen LogP contribution is -2.09. The lowest BCUT2D eigenvalue weighted by Gasteiger charge is -2.13. The van der Waals surface area contributed by atoms with Crippen molar-refractivity contribution in [3.63, 3.8) is 0 Å². The van der Waals surface area contributed by atoms with Gasteiger partial charge >= 0.3 is 0 Å². The molecule has 2 N–H and O–H groups in total. The first-order chi connectivity index (χ1) is 9.10. The molecule has 0 radical (unpaired) electrons. The topological polar surface area (TPSA) is 55.0 Å². The molecular formula is C13H18N4S2. The monoisotopic (exact) mass is 294 g/mol. The first-order valence-corrected chi connectivity index (χ1v) is 7.74. The van der Waals surface area contributed by atoms with Crippen molar-refractivity contribution in [2.45, 2.75) is 16.5 Å². The van der Waals surface area contributed by atoms with Crippen molar-refractivity contribution in [2.75, 3.05) is 25.5 Å². The van der Waals surface area contributed by atoms with Crippen LogP contribution < -0.4 is 10.6 Å². The molecule has 1 aromatic carbocycles. The molecule has 19 heavy (non-hydrogen) atoms. The van der Waals surface area contributed by atoms with Gasteiger partial charge in [0, 0.05) is 25.9 Å². The van der Waals surface area contributed by atoms with Crippen molar-refractivity contribution in [1.82, 2.24) is 10.2 Å². The summed E-state index contributed by atoms with van der Waals surface area (Å²) >= 11 is 3.27. The Kier molecular flexibility index (Phi) is 4.79. The highest BCUT2D eigenvalue weighted by Gasteiger charge is 2.15. The van der Waals surface area contributed by atoms with Gasteiger partial charge in [-0.15, -0.1) is 10.2 Å². The van der Waals surface area contributed by atoms with Gasteiger partial charge in [0.15, 0.2) is 4.34 Å². The number of hydrogen-bond donors (Lipinski definition) is 1. The number of thioether (sulfide) groups is 1. The van der Waals surface area contributed by atoms with Crippen LogP contribution in [0.1, 0.15) is 16.4 Å². The fourth-order valence-corrected chi connectivity index (χ4v) is 3.57. The SMILES string of the molecule is Cc1ccc(C(CN)Sc2nnc(N(C)C)s2)cc1. The van der Waals surface area contributed by atoms with Gasteiger partial charge in [-0.3, -0.25) is 0 Å². The van der Waals surface area contributed by atoms with E-state index in [2.05, 4.69) is 41.4 Å². The quantitative estimate of drug-likeness (QED) is 0.859. The first-order valence-electron chi connectivity index (χ1n) is 6.04. The molecule has 0 amide bonds. The van der Waals surface area contributed by atoms with E-state index in [-0.39, 0.29) is 5.25 Å². The summed E-state index contributed by atoms with van der Waals surface area (Å²) in [6.45, 7) is 2.67. The Morgan fingerprint density at radius 3 is 2.47 bits per heavy atom. The van der Waals surface area contributed by atoms with E-state index in [0.29, 0.717) is 6.54 Å². The first kappa shape index (κ1) is 14.3. The van der Waals surface area contributed by atoms with Gasteiger partial charge in [0.05, 0.1) is 0 Å². The Labute approximate surface area is 122 Å². The average molecular weight is 294 g/mol. The van der Waals surface area contributed by atoms with Crippen LogP contribution >= 0.6 is 23.1 Å². The van der Waals surface area contributed by atoms with Crippen molar-refractivity contribution in [3.8, 4) is 0 Å². The molecule has 1 atom stereocenters. The molecule has 1 unspecified atom stereocenters. The third-order valence-electron chi connectivity index (χ3n) is 2.68. The average Bonchev–Trinajstić information content (AvgIpc) is 2.86. The van der Waals surface area contributed by atoms with Crippen LogP contribution in [0.4, 0.5) is 5.13 Å². The van der Waals surface area contributed by atoms with Crippen molar-refractivity contribution < 1.29 is 0 Å². The van der Waals surface area contributed by atoms with Crippen molar-refractivity contribution in [2.24, 2.45) is 5.73 Å². The van der Waals surface area contributed by atoms with E-state index in [1.807, 2.05) is 19.0 Å². The van der Waals surface area contributed by atoms with Gasteiger partial charge in [0.1, 0.15) is 0 Å². The molecule has 6 heteroatoms. The summed E-state index contributed by atoms with van der Waals surface area (Å²) in [5.74, 6) is 0. The van der Waals surface area contributed by atoms with Gasteiger partial charge in [0.25, 0.3) is 0 Å². The number of aromatic nitrogens is 2. The summed E-state index contributed by atoms with van der Waals surface area (Å²) < 4.78 is 0.958. The lowest BCUT2D eigenvalue weighted by atomic mass is 10.1. The number of aryl methyl sites for hydroxylation is 1. The number of nitrogens with zero attached hydrogens (tertiary/aromatic N) is 3. The van der Waals surface area contributed by atoms with Gasteiger partial charge < -0.3 is 10.6 Å². The van der Waals surface area contributed by atoms with Crippen LogP contribution in [0, 0.1) is 6.92 Å². The predicted octanol–water partition coefficient (Wildman–Crippen LogP) is 2.70. The summed E-state index contributed by atoms with van der Waals surface area (Å²) in [7, 11) is 3.94. The fraction of sp³-hybridized carbons (Fsp3) is 0.385. The maximum absolute atomic E-state index is 5.88. The van der Waals surface area contributed by atoms with Crippen LogP contribution in [0.15, 0.2) is 28.6 Å². The highest BCUT2D eigenvalue weighted by molar-refractivity contribution is 8.01. The molecule has 0 saturated carbocycles. The Balaban J connectivity index is 2.12. The zero-order valence-electron chi connectivity index (χ0n) is 11.3. The van der Waals surface area contributed by atoms with E-state index in [9.17, 15) is 0 Å². The number of benzene rings is 1. The molecule has 0 aliphatic rings. The molecule has 2 aromatic rings. The highest BCUT2D eigenvalue weighted by atomic mass is 32.2. The van der Waals surface area contributed by atoms with E-state index >= 15 is 0 Å². The van der Waals surface area contributed by atoms with Crippen LogP contribution in [-0.4, -0.2) is 30.8 Å². The summed E-state index contributed by atoms with van der Waals surface area (Å²) in [5.41, 5.74) is 8.38. The highest BCUT2D eigenvalue weighted by Crippen LogP contribution is 2.37. The number of anilines is 1.